The zero-order chi connectivity index (χ0) is 20.2. The van der Waals surface area contributed by atoms with Gasteiger partial charge in [-0.05, 0) is 43.9 Å². The van der Waals surface area contributed by atoms with E-state index in [0.29, 0.717) is 17.6 Å². The van der Waals surface area contributed by atoms with Crippen molar-refractivity contribution in [3.8, 4) is 0 Å². The van der Waals surface area contributed by atoms with Crippen molar-refractivity contribution in [2.24, 2.45) is 0 Å². The Hall–Kier alpha value is -3.22. The largest absolute Gasteiger partial charge is 0.363 e. The quantitative estimate of drug-likeness (QED) is 0.696. The van der Waals surface area contributed by atoms with E-state index >= 15 is 0 Å². The number of nitrogens with zero attached hydrogens (tertiary/aromatic N) is 4. The molecule has 150 valence electrons. The number of amides is 1. The van der Waals surface area contributed by atoms with Gasteiger partial charge in [0.1, 0.15) is 5.82 Å². The molecule has 29 heavy (non-hydrogen) atoms. The average Bonchev–Trinajstić information content (AvgIpc) is 2.75. The Morgan fingerprint density at radius 2 is 1.79 bits per heavy atom. The Labute approximate surface area is 170 Å². The van der Waals surface area contributed by atoms with Crippen LogP contribution >= 0.6 is 0 Å². The van der Waals surface area contributed by atoms with Gasteiger partial charge in [0.05, 0.1) is 11.1 Å². The minimum atomic E-state index is -0.0540. The lowest BCUT2D eigenvalue weighted by Crippen LogP contribution is -2.40. The predicted molar refractivity (Wildman–Crippen MR) is 115 cm³/mol. The molecule has 2 aromatic heterocycles. The zero-order valence-corrected chi connectivity index (χ0v) is 16.8. The van der Waals surface area contributed by atoms with Crippen molar-refractivity contribution in [2.45, 2.75) is 37.8 Å². The molecular formula is C22H26N6O. The molecule has 7 heteroatoms. The fourth-order valence-corrected chi connectivity index (χ4v) is 3.70. The van der Waals surface area contributed by atoms with Crippen LogP contribution in [0.5, 0.6) is 0 Å². The molecule has 0 unspecified atom stereocenters. The smallest absolute Gasteiger partial charge is 0.253 e. The summed E-state index contributed by atoms with van der Waals surface area (Å²) in [5.41, 5.74) is 1.51. The summed E-state index contributed by atoms with van der Waals surface area (Å²) >= 11 is 0. The number of aromatic nitrogens is 3. The van der Waals surface area contributed by atoms with E-state index in [1.807, 2.05) is 55.4 Å². The predicted octanol–water partition coefficient (Wildman–Crippen LogP) is 3.24. The maximum atomic E-state index is 12.6. The van der Waals surface area contributed by atoms with E-state index in [1.165, 1.54) is 0 Å². The van der Waals surface area contributed by atoms with Gasteiger partial charge in [0.2, 0.25) is 5.95 Å². The fourth-order valence-electron chi connectivity index (χ4n) is 3.70. The Kier molecular flexibility index (Phi) is 5.55. The number of anilines is 2. The van der Waals surface area contributed by atoms with Crippen LogP contribution in [-0.4, -0.2) is 47.0 Å². The molecule has 0 radical (unpaired) electrons. The van der Waals surface area contributed by atoms with Crippen LogP contribution in [-0.2, 0) is 0 Å². The molecule has 1 aliphatic carbocycles. The van der Waals surface area contributed by atoms with Crippen molar-refractivity contribution in [3.63, 3.8) is 0 Å². The van der Waals surface area contributed by atoms with E-state index in [1.54, 1.807) is 12.4 Å². The first-order valence-electron chi connectivity index (χ1n) is 10.0. The van der Waals surface area contributed by atoms with Crippen LogP contribution in [0.25, 0.3) is 10.9 Å². The van der Waals surface area contributed by atoms with Crippen LogP contribution in [0.1, 0.15) is 36.0 Å². The van der Waals surface area contributed by atoms with Crippen LogP contribution in [0.4, 0.5) is 11.8 Å². The SMILES string of the molecule is CN(C)c1ccnc(N[C@H]2CC[C@@H](NC(=O)c3cnc4ccccc4c3)CC2)n1. The molecule has 0 saturated heterocycles. The number of hydrogen-bond acceptors (Lipinski definition) is 6. The number of nitrogens with one attached hydrogen (secondary N) is 2. The summed E-state index contributed by atoms with van der Waals surface area (Å²) in [5, 5.41) is 7.57. The van der Waals surface area contributed by atoms with Gasteiger partial charge in [-0.25, -0.2) is 4.98 Å². The molecule has 0 spiro atoms. The van der Waals surface area contributed by atoms with Crippen molar-refractivity contribution in [1.82, 2.24) is 20.3 Å². The maximum absolute atomic E-state index is 12.6. The van der Waals surface area contributed by atoms with Gasteiger partial charge in [-0.15, -0.1) is 0 Å². The lowest BCUT2D eigenvalue weighted by molar-refractivity contribution is 0.0926. The number of carbonyl (C=O) groups excluding carboxylic acids is 1. The minimum Gasteiger partial charge on any atom is -0.363 e. The second-order valence-electron chi connectivity index (χ2n) is 7.72. The van der Waals surface area contributed by atoms with E-state index in [9.17, 15) is 4.79 Å². The van der Waals surface area contributed by atoms with E-state index in [2.05, 4.69) is 25.6 Å². The number of fused-ring (bicyclic) bond motifs is 1. The van der Waals surface area contributed by atoms with E-state index < -0.39 is 0 Å². The van der Waals surface area contributed by atoms with Gasteiger partial charge in [0.15, 0.2) is 0 Å². The molecule has 1 saturated carbocycles. The van der Waals surface area contributed by atoms with Gasteiger partial charge >= 0.3 is 0 Å². The van der Waals surface area contributed by atoms with Crippen molar-refractivity contribution < 1.29 is 4.79 Å². The first-order chi connectivity index (χ1) is 14.1. The van der Waals surface area contributed by atoms with Gasteiger partial charge < -0.3 is 15.5 Å². The van der Waals surface area contributed by atoms with E-state index in [-0.39, 0.29) is 11.9 Å². The van der Waals surface area contributed by atoms with Crippen molar-refractivity contribution in [2.75, 3.05) is 24.3 Å². The number of rotatable bonds is 5. The third-order valence-corrected chi connectivity index (χ3v) is 5.35. The topological polar surface area (TPSA) is 83.0 Å². The summed E-state index contributed by atoms with van der Waals surface area (Å²) in [6, 6.07) is 12.1. The van der Waals surface area contributed by atoms with E-state index in [0.717, 1.165) is 42.4 Å². The fraction of sp³-hybridized carbons (Fsp3) is 0.364. The van der Waals surface area contributed by atoms with Crippen LogP contribution in [0.2, 0.25) is 0 Å². The highest BCUT2D eigenvalue weighted by atomic mass is 16.1. The molecule has 7 nitrogen and oxygen atoms in total. The lowest BCUT2D eigenvalue weighted by Gasteiger charge is -2.29. The maximum Gasteiger partial charge on any atom is 0.253 e. The molecule has 0 atom stereocenters. The number of para-hydroxylation sites is 1. The Morgan fingerprint density at radius 3 is 2.59 bits per heavy atom. The van der Waals surface area contributed by atoms with Crippen molar-refractivity contribution in [3.05, 3.63) is 54.4 Å². The van der Waals surface area contributed by atoms with E-state index in [4.69, 9.17) is 0 Å². The van der Waals surface area contributed by atoms with Crippen LogP contribution in [0.15, 0.2) is 48.8 Å². The molecule has 3 aromatic rings. The Balaban J connectivity index is 1.31. The van der Waals surface area contributed by atoms with Gasteiger partial charge in [-0.1, -0.05) is 18.2 Å². The van der Waals surface area contributed by atoms with Gasteiger partial charge in [-0.3, -0.25) is 9.78 Å². The number of benzene rings is 1. The second kappa shape index (κ2) is 8.43. The number of carbonyl (C=O) groups is 1. The Bertz CT molecular complexity index is 997. The second-order valence-corrected chi connectivity index (χ2v) is 7.72. The average molecular weight is 390 g/mol. The molecule has 0 bridgehead atoms. The van der Waals surface area contributed by atoms with Gasteiger partial charge in [0, 0.05) is 44.0 Å². The summed E-state index contributed by atoms with van der Waals surface area (Å²) < 4.78 is 0. The summed E-state index contributed by atoms with van der Waals surface area (Å²) in [7, 11) is 3.93. The third kappa shape index (κ3) is 4.62. The van der Waals surface area contributed by atoms with Crippen LogP contribution in [0.3, 0.4) is 0 Å². The standard InChI is InChI=1S/C22H26N6O/c1-28(2)20-11-12-23-22(27-20)26-18-9-7-17(8-10-18)25-21(29)16-13-15-5-3-4-6-19(15)24-14-16/h3-6,11-14,17-18H,7-10H2,1-2H3,(H,25,29)(H,23,26,27)/t17-,18+. The first kappa shape index (κ1) is 19.1. The molecule has 1 fully saturated rings. The first-order valence-corrected chi connectivity index (χ1v) is 10.0. The van der Waals surface area contributed by atoms with Crippen molar-refractivity contribution in [1.29, 1.82) is 0 Å². The number of pyridine rings is 1. The summed E-state index contributed by atoms with van der Waals surface area (Å²) in [6.07, 6.45) is 7.22. The molecule has 1 aromatic carbocycles. The van der Waals surface area contributed by atoms with Crippen molar-refractivity contribution >= 4 is 28.6 Å². The monoisotopic (exact) mass is 390 g/mol. The highest BCUT2D eigenvalue weighted by Gasteiger charge is 2.23. The molecule has 0 aliphatic heterocycles. The summed E-state index contributed by atoms with van der Waals surface area (Å²) in [5.74, 6) is 1.49. The molecule has 4 rings (SSSR count). The van der Waals surface area contributed by atoms with Crippen LogP contribution < -0.4 is 15.5 Å². The lowest BCUT2D eigenvalue weighted by atomic mass is 9.91. The minimum absolute atomic E-state index is 0.0540. The Morgan fingerprint density at radius 1 is 1.03 bits per heavy atom. The molecule has 1 amide bonds. The third-order valence-electron chi connectivity index (χ3n) is 5.35. The molecule has 2 N–H and O–H groups in total. The highest BCUT2D eigenvalue weighted by Crippen LogP contribution is 2.22. The normalized spacial score (nSPS) is 19.0. The molecule has 2 heterocycles. The number of hydrogen-bond donors (Lipinski definition) is 2. The van der Waals surface area contributed by atoms with Crippen LogP contribution in [0, 0.1) is 0 Å². The zero-order valence-electron chi connectivity index (χ0n) is 16.8. The van der Waals surface area contributed by atoms with Gasteiger partial charge in [-0.2, -0.15) is 4.98 Å². The summed E-state index contributed by atoms with van der Waals surface area (Å²) in [4.78, 5) is 27.8. The highest BCUT2D eigenvalue weighted by molar-refractivity contribution is 5.97. The van der Waals surface area contributed by atoms with Gasteiger partial charge in [0.25, 0.3) is 5.91 Å². The molecule has 1 aliphatic rings. The molecular weight excluding hydrogens is 364 g/mol. The summed E-state index contributed by atoms with van der Waals surface area (Å²) in [6.45, 7) is 0.